The zero-order valence-corrected chi connectivity index (χ0v) is 13.9. The van der Waals surface area contributed by atoms with E-state index in [1.54, 1.807) is 0 Å². The molecule has 1 aliphatic carbocycles. The molecule has 1 aromatic heterocycles. The zero-order chi connectivity index (χ0) is 14.5. The van der Waals surface area contributed by atoms with E-state index in [0.717, 1.165) is 23.3 Å². The standard InChI is InChI=1S/C15H17Cl3N2/c1-3-15(5-4-6-15)20-13-8-11(18)10(17)7-12(13)19-14(20)9(2)16/h7-9H,3-6H2,1-2H3. The summed E-state index contributed by atoms with van der Waals surface area (Å²) < 4.78 is 2.31. The van der Waals surface area contributed by atoms with Gasteiger partial charge in [-0.2, -0.15) is 0 Å². The lowest BCUT2D eigenvalue weighted by atomic mass is 9.74. The minimum atomic E-state index is -0.135. The number of aromatic nitrogens is 2. The summed E-state index contributed by atoms with van der Waals surface area (Å²) in [7, 11) is 0. The number of benzene rings is 1. The molecular weight excluding hydrogens is 315 g/mol. The summed E-state index contributed by atoms with van der Waals surface area (Å²) in [4.78, 5) is 4.70. The average Bonchev–Trinajstić information content (AvgIpc) is 2.69. The Kier molecular flexibility index (Phi) is 3.68. The predicted octanol–water partition coefficient (Wildman–Crippen LogP) is 5.93. The Morgan fingerprint density at radius 3 is 2.45 bits per heavy atom. The van der Waals surface area contributed by atoms with Crippen LogP contribution < -0.4 is 0 Å². The summed E-state index contributed by atoms with van der Waals surface area (Å²) in [5, 5.41) is 0.973. The van der Waals surface area contributed by atoms with Gasteiger partial charge in [0.15, 0.2) is 0 Å². The molecule has 0 saturated heterocycles. The maximum Gasteiger partial charge on any atom is 0.128 e. The lowest BCUT2D eigenvalue weighted by Crippen LogP contribution is -2.41. The van der Waals surface area contributed by atoms with Crippen molar-refractivity contribution in [3.8, 4) is 0 Å². The number of fused-ring (bicyclic) bond motifs is 1. The maximum absolute atomic E-state index is 6.35. The van der Waals surface area contributed by atoms with E-state index < -0.39 is 0 Å². The van der Waals surface area contributed by atoms with Crippen LogP contribution in [0.1, 0.15) is 50.7 Å². The van der Waals surface area contributed by atoms with Crippen LogP contribution in [-0.2, 0) is 5.54 Å². The Hall–Kier alpha value is -0.440. The number of rotatable bonds is 3. The molecule has 1 aromatic carbocycles. The lowest BCUT2D eigenvalue weighted by molar-refractivity contribution is 0.137. The molecule has 0 bridgehead atoms. The van der Waals surface area contributed by atoms with Crippen molar-refractivity contribution in [3.05, 3.63) is 28.0 Å². The van der Waals surface area contributed by atoms with Gasteiger partial charge in [0.25, 0.3) is 0 Å². The van der Waals surface area contributed by atoms with Gasteiger partial charge in [-0.15, -0.1) is 11.6 Å². The van der Waals surface area contributed by atoms with Crippen LogP contribution in [0.2, 0.25) is 10.0 Å². The molecule has 1 heterocycles. The molecule has 1 saturated carbocycles. The average molecular weight is 332 g/mol. The third-order valence-electron chi connectivity index (χ3n) is 4.49. The van der Waals surface area contributed by atoms with Gasteiger partial charge in [0.1, 0.15) is 5.82 Å². The molecule has 0 amide bonds. The number of nitrogens with zero attached hydrogens (tertiary/aromatic N) is 2. The molecule has 1 aliphatic rings. The molecule has 0 N–H and O–H groups in total. The number of imidazole rings is 1. The second-order valence-corrected chi connectivity index (χ2v) is 7.08. The van der Waals surface area contributed by atoms with Gasteiger partial charge in [0.05, 0.1) is 26.5 Å². The van der Waals surface area contributed by atoms with Crippen LogP contribution in [0.4, 0.5) is 0 Å². The second-order valence-electron chi connectivity index (χ2n) is 5.61. The molecule has 0 radical (unpaired) electrons. The minimum absolute atomic E-state index is 0.135. The first kappa shape index (κ1) is 14.5. The molecule has 1 atom stereocenters. The van der Waals surface area contributed by atoms with E-state index in [0.29, 0.717) is 10.0 Å². The summed E-state index contributed by atoms with van der Waals surface area (Å²) in [6.07, 6.45) is 4.68. The van der Waals surface area contributed by atoms with Crippen molar-refractivity contribution in [2.75, 3.05) is 0 Å². The predicted molar refractivity (Wildman–Crippen MR) is 86.1 cm³/mol. The smallest absolute Gasteiger partial charge is 0.128 e. The first-order valence-corrected chi connectivity index (χ1v) is 8.20. The summed E-state index contributed by atoms with van der Waals surface area (Å²) in [6, 6.07) is 3.76. The van der Waals surface area contributed by atoms with Crippen LogP contribution in [-0.4, -0.2) is 9.55 Å². The number of alkyl halides is 1. The van der Waals surface area contributed by atoms with E-state index >= 15 is 0 Å². The molecule has 2 aromatic rings. The molecular formula is C15H17Cl3N2. The van der Waals surface area contributed by atoms with Crippen LogP contribution in [0.15, 0.2) is 12.1 Å². The van der Waals surface area contributed by atoms with E-state index in [4.69, 9.17) is 39.8 Å². The molecule has 108 valence electrons. The molecule has 0 spiro atoms. The number of halogens is 3. The zero-order valence-electron chi connectivity index (χ0n) is 11.6. The Labute approximate surface area is 134 Å². The van der Waals surface area contributed by atoms with Crippen LogP contribution in [0.25, 0.3) is 11.0 Å². The first-order valence-electron chi connectivity index (χ1n) is 7.00. The fraction of sp³-hybridized carbons (Fsp3) is 0.533. The van der Waals surface area contributed by atoms with Crippen LogP contribution in [0.3, 0.4) is 0 Å². The van der Waals surface area contributed by atoms with Crippen LogP contribution >= 0.6 is 34.8 Å². The summed E-state index contributed by atoms with van der Waals surface area (Å²) in [6.45, 7) is 4.19. The molecule has 2 nitrogen and oxygen atoms in total. The minimum Gasteiger partial charge on any atom is -0.320 e. The van der Waals surface area contributed by atoms with Gasteiger partial charge >= 0.3 is 0 Å². The van der Waals surface area contributed by atoms with Crippen molar-refractivity contribution in [1.29, 1.82) is 0 Å². The maximum atomic E-state index is 6.35. The fourth-order valence-electron chi connectivity index (χ4n) is 3.18. The van der Waals surface area contributed by atoms with Gasteiger partial charge in [-0.3, -0.25) is 0 Å². The summed E-state index contributed by atoms with van der Waals surface area (Å²) >= 11 is 18.7. The molecule has 20 heavy (non-hydrogen) atoms. The second kappa shape index (κ2) is 5.08. The molecule has 3 rings (SSSR count). The molecule has 1 fully saturated rings. The monoisotopic (exact) mass is 330 g/mol. The SMILES string of the molecule is CCC1(n2c(C(C)Cl)nc3cc(Cl)c(Cl)cc32)CCC1. The third kappa shape index (κ3) is 2.04. The third-order valence-corrected chi connectivity index (χ3v) is 5.41. The highest BCUT2D eigenvalue weighted by molar-refractivity contribution is 6.42. The van der Waals surface area contributed by atoms with Crippen LogP contribution in [0, 0.1) is 0 Å². The van der Waals surface area contributed by atoms with E-state index in [2.05, 4.69) is 11.5 Å². The van der Waals surface area contributed by atoms with Crippen molar-refractivity contribution in [3.63, 3.8) is 0 Å². The van der Waals surface area contributed by atoms with Gasteiger partial charge < -0.3 is 4.57 Å². The first-order chi connectivity index (χ1) is 9.48. The highest BCUT2D eigenvalue weighted by Crippen LogP contribution is 2.46. The number of hydrogen-bond acceptors (Lipinski definition) is 1. The molecule has 1 unspecified atom stereocenters. The molecule has 0 aliphatic heterocycles. The molecule has 5 heteroatoms. The summed E-state index contributed by atoms with van der Waals surface area (Å²) in [5.41, 5.74) is 2.06. The van der Waals surface area contributed by atoms with Crippen molar-refractivity contribution >= 4 is 45.8 Å². The van der Waals surface area contributed by atoms with Crippen molar-refractivity contribution in [2.45, 2.75) is 50.4 Å². The van der Waals surface area contributed by atoms with E-state index in [9.17, 15) is 0 Å². The van der Waals surface area contributed by atoms with Gasteiger partial charge in [-0.25, -0.2) is 4.98 Å². The highest BCUT2D eigenvalue weighted by atomic mass is 35.5. The van der Waals surface area contributed by atoms with Crippen molar-refractivity contribution in [2.24, 2.45) is 0 Å². The van der Waals surface area contributed by atoms with Crippen molar-refractivity contribution < 1.29 is 0 Å². The van der Waals surface area contributed by atoms with E-state index in [1.807, 2.05) is 19.1 Å². The number of hydrogen-bond donors (Lipinski definition) is 0. The van der Waals surface area contributed by atoms with E-state index in [-0.39, 0.29) is 10.9 Å². The lowest BCUT2D eigenvalue weighted by Gasteiger charge is -2.44. The van der Waals surface area contributed by atoms with Crippen LogP contribution in [0.5, 0.6) is 0 Å². The Bertz CT molecular complexity index is 651. The normalized spacial score (nSPS) is 19.1. The van der Waals surface area contributed by atoms with E-state index in [1.165, 1.54) is 19.3 Å². The Morgan fingerprint density at radius 2 is 1.95 bits per heavy atom. The summed E-state index contributed by atoms with van der Waals surface area (Å²) in [5.74, 6) is 0.918. The quantitative estimate of drug-likeness (QED) is 0.637. The largest absolute Gasteiger partial charge is 0.320 e. The van der Waals surface area contributed by atoms with Gasteiger partial charge in [0, 0.05) is 5.54 Å². The fourth-order valence-corrected chi connectivity index (χ4v) is 3.64. The van der Waals surface area contributed by atoms with Gasteiger partial charge in [-0.05, 0) is 44.7 Å². The topological polar surface area (TPSA) is 17.8 Å². The highest BCUT2D eigenvalue weighted by Gasteiger charge is 2.40. The van der Waals surface area contributed by atoms with Gasteiger partial charge in [0.2, 0.25) is 0 Å². The van der Waals surface area contributed by atoms with Crippen molar-refractivity contribution in [1.82, 2.24) is 9.55 Å². The Morgan fingerprint density at radius 1 is 1.30 bits per heavy atom. The van der Waals surface area contributed by atoms with Gasteiger partial charge in [-0.1, -0.05) is 30.1 Å². The Balaban J connectivity index is 2.32.